The van der Waals surface area contributed by atoms with Gasteiger partial charge in [0.15, 0.2) is 0 Å². The molecule has 2 aromatic carbocycles. The number of ether oxygens (including phenoxy) is 1. The second-order valence-electron chi connectivity index (χ2n) is 6.44. The Morgan fingerprint density at radius 3 is 2.45 bits per heavy atom. The molecule has 0 spiro atoms. The molecule has 0 saturated heterocycles. The zero-order chi connectivity index (χ0) is 20.7. The first-order valence-corrected chi connectivity index (χ1v) is 11.3. The molecule has 3 rings (SSSR count). The first-order valence-electron chi connectivity index (χ1n) is 8.95. The van der Waals surface area contributed by atoms with Crippen LogP contribution >= 0.6 is 11.3 Å². The lowest BCUT2D eigenvalue weighted by molar-refractivity contribution is -0.120. The van der Waals surface area contributed by atoms with Gasteiger partial charge < -0.3 is 10.1 Å². The molecule has 152 valence electrons. The highest BCUT2D eigenvalue weighted by molar-refractivity contribution is 7.94. The van der Waals surface area contributed by atoms with Crippen LogP contribution in [0.25, 0.3) is 0 Å². The lowest BCUT2D eigenvalue weighted by Gasteiger charge is -2.09. The first-order chi connectivity index (χ1) is 14.0. The lowest BCUT2D eigenvalue weighted by atomic mass is 10.1. The van der Waals surface area contributed by atoms with Crippen LogP contribution in [0.1, 0.15) is 16.7 Å². The Morgan fingerprint density at radius 1 is 1.00 bits per heavy atom. The smallest absolute Gasteiger partial charge is 0.271 e. The molecule has 0 unspecified atom stereocenters. The highest BCUT2D eigenvalue weighted by Gasteiger charge is 2.15. The van der Waals surface area contributed by atoms with E-state index in [1.54, 1.807) is 48.9 Å². The van der Waals surface area contributed by atoms with Crippen molar-refractivity contribution in [2.45, 2.75) is 23.8 Å². The van der Waals surface area contributed by atoms with Crippen molar-refractivity contribution in [2.24, 2.45) is 0 Å². The van der Waals surface area contributed by atoms with E-state index < -0.39 is 10.0 Å². The van der Waals surface area contributed by atoms with E-state index in [1.807, 2.05) is 24.3 Å². The molecule has 1 heterocycles. The van der Waals surface area contributed by atoms with Crippen LogP contribution in [-0.2, 0) is 39.1 Å². The number of amides is 1. The van der Waals surface area contributed by atoms with Crippen LogP contribution < -0.4 is 10.0 Å². The summed E-state index contributed by atoms with van der Waals surface area (Å²) in [5.41, 5.74) is 3.32. The molecule has 3 aromatic rings. The number of thiophene rings is 1. The van der Waals surface area contributed by atoms with Gasteiger partial charge in [-0.3, -0.25) is 9.52 Å². The Labute approximate surface area is 174 Å². The standard InChI is InChI=1S/C21H22N2O4S2/c1-27-15-18-5-2-4-17(12-18)14-22-20(24)13-16-7-9-19(10-8-16)23-29(25,26)21-6-3-11-28-21/h2-12,23H,13-15H2,1H3,(H,22,24). The number of hydrogen-bond acceptors (Lipinski definition) is 5. The second-order valence-corrected chi connectivity index (χ2v) is 9.30. The van der Waals surface area contributed by atoms with E-state index in [2.05, 4.69) is 10.0 Å². The molecular formula is C21H22N2O4S2. The molecular weight excluding hydrogens is 408 g/mol. The van der Waals surface area contributed by atoms with Gasteiger partial charge >= 0.3 is 0 Å². The second kappa shape index (κ2) is 9.69. The quantitative estimate of drug-likeness (QED) is 0.544. The molecule has 0 radical (unpaired) electrons. The molecule has 0 fully saturated rings. The molecule has 0 atom stereocenters. The third-order valence-electron chi connectivity index (χ3n) is 4.12. The van der Waals surface area contributed by atoms with E-state index >= 15 is 0 Å². The van der Waals surface area contributed by atoms with Crippen molar-refractivity contribution in [3.05, 3.63) is 82.7 Å². The van der Waals surface area contributed by atoms with Gasteiger partial charge in [-0.05, 0) is 40.3 Å². The highest BCUT2D eigenvalue weighted by atomic mass is 32.2. The van der Waals surface area contributed by atoms with Crippen LogP contribution in [0, 0.1) is 0 Å². The molecule has 0 aliphatic heterocycles. The Kier molecular flexibility index (Phi) is 7.03. The number of benzene rings is 2. The fourth-order valence-electron chi connectivity index (χ4n) is 2.76. The van der Waals surface area contributed by atoms with Gasteiger partial charge in [-0.1, -0.05) is 42.5 Å². The third kappa shape index (κ3) is 6.15. The maximum atomic E-state index is 12.2. The highest BCUT2D eigenvalue weighted by Crippen LogP contribution is 2.20. The van der Waals surface area contributed by atoms with Crippen LogP contribution in [0.2, 0.25) is 0 Å². The van der Waals surface area contributed by atoms with Crippen molar-refractivity contribution in [2.75, 3.05) is 11.8 Å². The number of carbonyl (C=O) groups excluding carboxylic acids is 1. The molecule has 0 aliphatic carbocycles. The summed E-state index contributed by atoms with van der Waals surface area (Å²) in [6.45, 7) is 0.972. The Bertz CT molecular complexity index is 1050. The van der Waals surface area contributed by atoms with Crippen molar-refractivity contribution < 1.29 is 17.9 Å². The van der Waals surface area contributed by atoms with Gasteiger partial charge in [0.1, 0.15) is 4.21 Å². The van der Waals surface area contributed by atoms with Crippen LogP contribution in [0.3, 0.4) is 0 Å². The summed E-state index contributed by atoms with van der Waals surface area (Å²) >= 11 is 1.16. The SMILES string of the molecule is COCc1cccc(CNC(=O)Cc2ccc(NS(=O)(=O)c3cccs3)cc2)c1. The number of nitrogens with one attached hydrogen (secondary N) is 2. The van der Waals surface area contributed by atoms with Crippen molar-refractivity contribution in [1.82, 2.24) is 5.32 Å². The summed E-state index contributed by atoms with van der Waals surface area (Å²) in [6.07, 6.45) is 0.218. The summed E-state index contributed by atoms with van der Waals surface area (Å²) in [5.74, 6) is -0.103. The minimum atomic E-state index is -3.57. The van der Waals surface area contributed by atoms with Crippen LogP contribution in [0.4, 0.5) is 5.69 Å². The molecule has 0 saturated carbocycles. The maximum Gasteiger partial charge on any atom is 0.271 e. The fourth-order valence-corrected chi connectivity index (χ4v) is 4.81. The molecule has 2 N–H and O–H groups in total. The Balaban J connectivity index is 1.53. The van der Waals surface area contributed by atoms with Gasteiger partial charge in [0, 0.05) is 19.3 Å². The molecule has 1 aromatic heterocycles. The number of sulfonamides is 1. The predicted molar refractivity (Wildman–Crippen MR) is 114 cm³/mol. The number of methoxy groups -OCH3 is 1. The van der Waals surface area contributed by atoms with Gasteiger partial charge in [-0.25, -0.2) is 8.42 Å². The van der Waals surface area contributed by atoms with Crippen molar-refractivity contribution in [3.63, 3.8) is 0 Å². The zero-order valence-electron chi connectivity index (χ0n) is 15.9. The lowest BCUT2D eigenvalue weighted by Crippen LogP contribution is -2.24. The van der Waals surface area contributed by atoms with Crippen LogP contribution in [0.5, 0.6) is 0 Å². The minimum absolute atomic E-state index is 0.103. The summed E-state index contributed by atoms with van der Waals surface area (Å²) in [4.78, 5) is 12.2. The van der Waals surface area contributed by atoms with Crippen molar-refractivity contribution in [1.29, 1.82) is 0 Å². The van der Waals surface area contributed by atoms with Gasteiger partial charge in [0.25, 0.3) is 10.0 Å². The van der Waals surface area contributed by atoms with Crippen molar-refractivity contribution in [3.8, 4) is 0 Å². The van der Waals surface area contributed by atoms with E-state index in [-0.39, 0.29) is 16.5 Å². The van der Waals surface area contributed by atoms with E-state index in [0.29, 0.717) is 18.8 Å². The molecule has 6 nitrogen and oxygen atoms in total. The maximum absolute atomic E-state index is 12.2. The fraction of sp³-hybridized carbons (Fsp3) is 0.190. The zero-order valence-corrected chi connectivity index (χ0v) is 17.6. The molecule has 1 amide bonds. The predicted octanol–water partition coefficient (Wildman–Crippen LogP) is 3.55. The minimum Gasteiger partial charge on any atom is -0.380 e. The molecule has 8 heteroatoms. The molecule has 0 aliphatic rings. The summed E-state index contributed by atoms with van der Waals surface area (Å²) in [7, 11) is -1.93. The molecule has 0 bridgehead atoms. The number of anilines is 1. The summed E-state index contributed by atoms with van der Waals surface area (Å²) in [5, 5.41) is 4.61. The first kappa shape index (κ1) is 21.0. The largest absolute Gasteiger partial charge is 0.380 e. The Hall–Kier alpha value is -2.68. The third-order valence-corrected chi connectivity index (χ3v) is 6.90. The van der Waals surface area contributed by atoms with E-state index in [4.69, 9.17) is 4.74 Å². The number of hydrogen-bond donors (Lipinski definition) is 2. The summed E-state index contributed by atoms with van der Waals surface area (Å²) in [6, 6.07) is 17.9. The number of rotatable bonds is 9. The van der Waals surface area contributed by atoms with Crippen LogP contribution in [-0.4, -0.2) is 21.4 Å². The molecule has 29 heavy (non-hydrogen) atoms. The van der Waals surface area contributed by atoms with Gasteiger partial charge in [-0.2, -0.15) is 0 Å². The van der Waals surface area contributed by atoms with Gasteiger partial charge in [0.2, 0.25) is 5.91 Å². The summed E-state index contributed by atoms with van der Waals surface area (Å²) < 4.78 is 32.4. The average molecular weight is 431 g/mol. The van der Waals surface area contributed by atoms with E-state index in [0.717, 1.165) is 28.0 Å². The Morgan fingerprint density at radius 2 is 1.76 bits per heavy atom. The monoisotopic (exact) mass is 430 g/mol. The normalized spacial score (nSPS) is 11.2. The number of carbonyl (C=O) groups is 1. The van der Waals surface area contributed by atoms with Crippen molar-refractivity contribution >= 4 is 33.0 Å². The van der Waals surface area contributed by atoms with E-state index in [1.165, 1.54) is 0 Å². The van der Waals surface area contributed by atoms with Gasteiger partial charge in [-0.15, -0.1) is 11.3 Å². The topological polar surface area (TPSA) is 84.5 Å². The van der Waals surface area contributed by atoms with E-state index in [9.17, 15) is 13.2 Å². The van der Waals surface area contributed by atoms with Crippen LogP contribution in [0.15, 0.2) is 70.3 Å². The average Bonchev–Trinajstić information content (AvgIpc) is 3.24. The van der Waals surface area contributed by atoms with Gasteiger partial charge in [0.05, 0.1) is 13.0 Å².